The van der Waals surface area contributed by atoms with E-state index in [9.17, 15) is 18.0 Å². The molecule has 1 N–H and O–H groups in total. The van der Waals surface area contributed by atoms with Gasteiger partial charge in [-0.3, -0.25) is 4.79 Å². The lowest BCUT2D eigenvalue weighted by atomic mass is 9.87. The number of amides is 1. The topological polar surface area (TPSA) is 59.8 Å². The van der Waals surface area contributed by atoms with E-state index >= 15 is 0 Å². The number of halogens is 3. The molecule has 1 amide bonds. The Balaban J connectivity index is 2.77. The summed E-state index contributed by atoms with van der Waals surface area (Å²) in [6.45, 7) is 6.55. The molecular formula is C12H19F3N4O. The van der Waals surface area contributed by atoms with Gasteiger partial charge >= 0.3 is 6.18 Å². The zero-order chi connectivity index (χ0) is 15.6. The van der Waals surface area contributed by atoms with Gasteiger partial charge in [-0.15, -0.1) is 0 Å². The van der Waals surface area contributed by atoms with Crippen LogP contribution in [0.5, 0.6) is 0 Å². The molecule has 5 nitrogen and oxygen atoms in total. The average Bonchev–Trinajstić information content (AvgIpc) is 2.77. The number of nitrogens with one attached hydrogen (secondary N) is 1. The van der Waals surface area contributed by atoms with Crippen molar-refractivity contribution in [2.45, 2.75) is 52.4 Å². The second-order valence-electron chi connectivity index (χ2n) is 5.92. The maximum absolute atomic E-state index is 13.0. The first-order valence-electron chi connectivity index (χ1n) is 6.22. The minimum absolute atomic E-state index is 0.188. The lowest BCUT2D eigenvalue weighted by Gasteiger charge is -2.29. The number of rotatable bonds is 4. The van der Waals surface area contributed by atoms with Crippen molar-refractivity contribution in [1.82, 2.24) is 20.1 Å². The van der Waals surface area contributed by atoms with E-state index in [4.69, 9.17) is 0 Å². The number of aromatic nitrogens is 3. The van der Waals surface area contributed by atoms with E-state index in [1.165, 1.54) is 24.3 Å². The van der Waals surface area contributed by atoms with Gasteiger partial charge in [0.1, 0.15) is 24.7 Å². The van der Waals surface area contributed by atoms with Gasteiger partial charge in [0.25, 0.3) is 0 Å². The molecule has 8 heteroatoms. The lowest BCUT2D eigenvalue weighted by molar-refractivity contribution is -0.167. The Hall–Kier alpha value is -1.60. The molecule has 0 aliphatic carbocycles. The molecule has 0 spiro atoms. The number of alkyl halides is 3. The summed E-state index contributed by atoms with van der Waals surface area (Å²) >= 11 is 0. The van der Waals surface area contributed by atoms with Crippen LogP contribution in [0, 0.1) is 5.41 Å². The van der Waals surface area contributed by atoms with Crippen molar-refractivity contribution in [2.24, 2.45) is 5.41 Å². The molecule has 20 heavy (non-hydrogen) atoms. The summed E-state index contributed by atoms with van der Waals surface area (Å²) in [5, 5.41) is 5.79. The number of carbonyl (C=O) groups is 1. The largest absolute Gasteiger partial charge is 0.408 e. The molecule has 0 aliphatic heterocycles. The van der Waals surface area contributed by atoms with Crippen molar-refractivity contribution in [3.8, 4) is 0 Å². The van der Waals surface area contributed by atoms with Crippen LogP contribution in [0.2, 0.25) is 0 Å². The van der Waals surface area contributed by atoms with Crippen molar-refractivity contribution in [3.63, 3.8) is 0 Å². The second kappa shape index (κ2) is 5.80. The van der Waals surface area contributed by atoms with Crippen molar-refractivity contribution < 1.29 is 18.0 Å². The third kappa shape index (κ3) is 4.82. The Kier molecular flexibility index (Phi) is 4.77. The van der Waals surface area contributed by atoms with E-state index in [-0.39, 0.29) is 6.42 Å². The fraction of sp³-hybridized carbons (Fsp3) is 0.750. The first-order chi connectivity index (χ1) is 9.00. The van der Waals surface area contributed by atoms with Crippen LogP contribution >= 0.6 is 0 Å². The Bertz CT molecular complexity index is 437. The SMILES string of the molecule is C[C@@H](C(=O)N[C@@H](CC(C)(C)C)C(F)(F)F)n1cncn1. The Morgan fingerprint density at radius 1 is 1.35 bits per heavy atom. The summed E-state index contributed by atoms with van der Waals surface area (Å²) in [7, 11) is 0. The summed E-state index contributed by atoms with van der Waals surface area (Å²) in [5.41, 5.74) is -0.552. The molecule has 0 radical (unpaired) electrons. The molecule has 0 aliphatic rings. The van der Waals surface area contributed by atoms with Crippen molar-refractivity contribution in [3.05, 3.63) is 12.7 Å². The van der Waals surface area contributed by atoms with Crippen LogP contribution in [0.4, 0.5) is 13.2 Å². The molecular weight excluding hydrogens is 273 g/mol. The number of carbonyl (C=O) groups excluding carboxylic acids is 1. The highest BCUT2D eigenvalue weighted by Crippen LogP contribution is 2.30. The fourth-order valence-corrected chi connectivity index (χ4v) is 1.69. The molecule has 0 unspecified atom stereocenters. The summed E-state index contributed by atoms with van der Waals surface area (Å²) in [6.07, 6.45) is -2.16. The van der Waals surface area contributed by atoms with Gasteiger partial charge in [0.2, 0.25) is 5.91 Å². The molecule has 0 saturated carbocycles. The first kappa shape index (κ1) is 16.5. The van der Waals surface area contributed by atoms with E-state index < -0.39 is 29.6 Å². The minimum Gasteiger partial charge on any atom is -0.343 e. The van der Waals surface area contributed by atoms with Crippen LogP contribution < -0.4 is 5.32 Å². The predicted molar refractivity (Wildman–Crippen MR) is 66.8 cm³/mol. The van der Waals surface area contributed by atoms with Gasteiger partial charge in [-0.2, -0.15) is 18.3 Å². The zero-order valence-electron chi connectivity index (χ0n) is 11.9. The maximum Gasteiger partial charge on any atom is 0.408 e. The van der Waals surface area contributed by atoms with Crippen molar-refractivity contribution in [1.29, 1.82) is 0 Å². The van der Waals surface area contributed by atoms with E-state index in [1.54, 1.807) is 20.8 Å². The highest BCUT2D eigenvalue weighted by atomic mass is 19.4. The van der Waals surface area contributed by atoms with Crippen LogP contribution in [0.25, 0.3) is 0 Å². The molecule has 0 aromatic carbocycles. The van der Waals surface area contributed by atoms with E-state index in [1.807, 2.05) is 5.32 Å². The smallest absolute Gasteiger partial charge is 0.343 e. The standard InChI is InChI=1S/C12H19F3N4O/c1-8(19-7-16-6-17-19)10(20)18-9(12(13,14)15)5-11(2,3)4/h6-9H,5H2,1-4H3,(H,18,20)/t8-,9-/m0/s1. The molecule has 2 atom stereocenters. The van der Waals surface area contributed by atoms with Gasteiger partial charge in [-0.25, -0.2) is 9.67 Å². The van der Waals surface area contributed by atoms with Gasteiger partial charge in [0.05, 0.1) is 0 Å². The molecule has 0 bridgehead atoms. The lowest BCUT2D eigenvalue weighted by Crippen LogP contribution is -2.49. The highest BCUT2D eigenvalue weighted by molar-refractivity contribution is 5.80. The van der Waals surface area contributed by atoms with E-state index in [2.05, 4.69) is 10.1 Å². The molecule has 0 saturated heterocycles. The van der Waals surface area contributed by atoms with E-state index in [0.717, 1.165) is 0 Å². The van der Waals surface area contributed by atoms with Crippen molar-refractivity contribution in [2.75, 3.05) is 0 Å². The first-order valence-corrected chi connectivity index (χ1v) is 6.22. The molecule has 0 fully saturated rings. The van der Waals surface area contributed by atoms with Gasteiger partial charge in [-0.1, -0.05) is 20.8 Å². The maximum atomic E-state index is 13.0. The van der Waals surface area contributed by atoms with Crippen LogP contribution in [-0.4, -0.2) is 32.9 Å². The summed E-state index contributed by atoms with van der Waals surface area (Å²) in [4.78, 5) is 15.5. The normalized spacial score (nSPS) is 15.8. The monoisotopic (exact) mass is 292 g/mol. The second-order valence-corrected chi connectivity index (χ2v) is 5.92. The van der Waals surface area contributed by atoms with Crippen LogP contribution in [-0.2, 0) is 4.79 Å². The highest BCUT2D eigenvalue weighted by Gasteiger charge is 2.43. The molecule has 114 valence electrons. The fourth-order valence-electron chi connectivity index (χ4n) is 1.69. The molecule has 1 aromatic heterocycles. The van der Waals surface area contributed by atoms with E-state index in [0.29, 0.717) is 0 Å². The predicted octanol–water partition coefficient (Wildman–Crippen LogP) is 2.32. The zero-order valence-corrected chi connectivity index (χ0v) is 11.9. The van der Waals surface area contributed by atoms with Gasteiger partial charge in [-0.05, 0) is 18.8 Å². The number of hydrogen-bond acceptors (Lipinski definition) is 3. The summed E-state index contributed by atoms with van der Waals surface area (Å²) < 4.78 is 40.1. The number of nitrogens with zero attached hydrogens (tertiary/aromatic N) is 3. The minimum atomic E-state index is -4.48. The van der Waals surface area contributed by atoms with Gasteiger partial charge in [0, 0.05) is 0 Å². The third-order valence-electron chi connectivity index (χ3n) is 2.74. The summed E-state index contributed by atoms with van der Waals surface area (Å²) in [6, 6.07) is -2.72. The molecule has 1 aromatic rings. The Labute approximate surface area is 115 Å². The quantitative estimate of drug-likeness (QED) is 0.926. The number of hydrogen-bond donors (Lipinski definition) is 1. The summed E-state index contributed by atoms with van der Waals surface area (Å²) in [5.74, 6) is -0.734. The van der Waals surface area contributed by atoms with Crippen LogP contribution in [0.15, 0.2) is 12.7 Å². The van der Waals surface area contributed by atoms with Gasteiger partial charge < -0.3 is 5.32 Å². The third-order valence-corrected chi connectivity index (χ3v) is 2.74. The molecule has 1 heterocycles. The van der Waals surface area contributed by atoms with Crippen LogP contribution in [0.1, 0.15) is 40.2 Å². The van der Waals surface area contributed by atoms with Crippen LogP contribution in [0.3, 0.4) is 0 Å². The molecule has 1 rings (SSSR count). The Morgan fingerprint density at radius 3 is 2.35 bits per heavy atom. The van der Waals surface area contributed by atoms with Gasteiger partial charge in [0.15, 0.2) is 0 Å². The average molecular weight is 292 g/mol. The van der Waals surface area contributed by atoms with Crippen molar-refractivity contribution >= 4 is 5.91 Å². The Morgan fingerprint density at radius 2 is 1.95 bits per heavy atom.